The maximum Gasteiger partial charge on any atom is 0.335 e. The molecule has 0 unspecified atom stereocenters. The van der Waals surface area contributed by atoms with Crippen molar-refractivity contribution < 1.29 is 32.0 Å². The molecule has 12 nitrogen and oxygen atoms in total. The number of hydrogen-bond donors (Lipinski definition) is 4. The summed E-state index contributed by atoms with van der Waals surface area (Å²) in [6.45, 7) is 0.200. The maximum absolute atomic E-state index is 13.3. The number of aliphatic hydroxyl groups excluding tert-OH is 2. The Morgan fingerprint density at radius 2 is 2.08 bits per heavy atom. The molecule has 1 fully saturated rings. The quantitative estimate of drug-likeness (QED) is 0.280. The number of nitrogens with one attached hydrogen (secondary N) is 2. The minimum Gasteiger partial charge on any atom is -0.388 e. The number of ketones is 1. The SMILES string of the molecule is CNS(=O)(=O)O[C@@H]1C[C@@H](Nc2ncncc2C(=O)c2ccn(Cc3ccc(F)cc3Cl)n2)[C@H](O)[C@H]1O. The zero-order chi connectivity index (χ0) is 26.0. The molecule has 1 aliphatic rings. The monoisotopic (exact) mass is 540 g/mol. The molecule has 0 aliphatic heterocycles. The first-order chi connectivity index (χ1) is 17.1. The Bertz CT molecular complexity index is 1370. The van der Waals surface area contributed by atoms with Gasteiger partial charge in [-0.1, -0.05) is 17.7 Å². The normalized spacial score (nSPS) is 22.0. The highest BCUT2D eigenvalue weighted by Crippen LogP contribution is 2.28. The van der Waals surface area contributed by atoms with E-state index in [1.807, 2.05) is 4.72 Å². The van der Waals surface area contributed by atoms with Crippen LogP contribution in [0, 0.1) is 5.82 Å². The largest absolute Gasteiger partial charge is 0.388 e. The smallest absolute Gasteiger partial charge is 0.335 e. The van der Waals surface area contributed by atoms with Crippen molar-refractivity contribution in [2.45, 2.75) is 37.3 Å². The first-order valence-electron chi connectivity index (χ1n) is 10.6. The summed E-state index contributed by atoms with van der Waals surface area (Å²) in [5.41, 5.74) is 0.715. The van der Waals surface area contributed by atoms with E-state index in [0.717, 1.165) is 7.05 Å². The summed E-state index contributed by atoms with van der Waals surface area (Å²) in [4.78, 5) is 21.1. The first kappa shape index (κ1) is 26.1. The van der Waals surface area contributed by atoms with Crippen LogP contribution < -0.4 is 10.0 Å². The van der Waals surface area contributed by atoms with Crippen molar-refractivity contribution in [1.29, 1.82) is 0 Å². The molecule has 0 bridgehead atoms. The van der Waals surface area contributed by atoms with Crippen LogP contribution in [0.15, 0.2) is 43.0 Å². The second kappa shape index (κ2) is 10.5. The van der Waals surface area contributed by atoms with E-state index in [4.69, 9.17) is 15.8 Å². The Labute approximate surface area is 210 Å². The molecule has 0 amide bonds. The number of carbonyl (C=O) groups excluding carboxylic acids is 1. The summed E-state index contributed by atoms with van der Waals surface area (Å²) >= 11 is 6.07. The number of carbonyl (C=O) groups is 1. The summed E-state index contributed by atoms with van der Waals surface area (Å²) in [6, 6.07) is 4.58. The van der Waals surface area contributed by atoms with Crippen LogP contribution in [0.5, 0.6) is 0 Å². The number of aromatic nitrogens is 4. The van der Waals surface area contributed by atoms with Crippen LogP contribution >= 0.6 is 11.6 Å². The van der Waals surface area contributed by atoms with Crippen molar-refractivity contribution in [2.75, 3.05) is 12.4 Å². The third kappa shape index (κ3) is 5.69. The molecule has 15 heteroatoms. The van der Waals surface area contributed by atoms with Gasteiger partial charge in [-0.05, 0) is 23.8 Å². The summed E-state index contributed by atoms with van der Waals surface area (Å²) in [5.74, 6) is -0.939. The highest BCUT2D eigenvalue weighted by Gasteiger charge is 2.44. The fourth-order valence-electron chi connectivity index (χ4n) is 3.76. The minimum absolute atomic E-state index is 0.0384. The van der Waals surface area contributed by atoms with Crippen LogP contribution in [0.3, 0.4) is 0 Å². The van der Waals surface area contributed by atoms with E-state index in [0.29, 0.717) is 5.56 Å². The third-order valence-electron chi connectivity index (χ3n) is 5.63. The lowest BCUT2D eigenvalue weighted by Gasteiger charge is -2.19. The molecule has 36 heavy (non-hydrogen) atoms. The molecule has 1 aliphatic carbocycles. The van der Waals surface area contributed by atoms with E-state index in [9.17, 15) is 27.8 Å². The molecule has 0 saturated heterocycles. The Kier molecular flexibility index (Phi) is 7.63. The van der Waals surface area contributed by atoms with E-state index < -0.39 is 46.3 Å². The van der Waals surface area contributed by atoms with Gasteiger partial charge in [0.15, 0.2) is 0 Å². The minimum atomic E-state index is -4.10. The highest BCUT2D eigenvalue weighted by molar-refractivity contribution is 7.84. The van der Waals surface area contributed by atoms with E-state index in [1.54, 1.807) is 6.20 Å². The van der Waals surface area contributed by atoms with Crippen molar-refractivity contribution in [3.63, 3.8) is 0 Å². The molecule has 4 atom stereocenters. The van der Waals surface area contributed by atoms with Crippen molar-refractivity contribution in [3.05, 3.63) is 70.6 Å². The standard InChI is InChI=1S/C21H22ClFN6O6S/c1-24-36(33,34)35-17-7-16(19(31)20(17)32)27-21-13(8-25-10-26-21)18(30)15-4-5-29(28-15)9-11-2-3-12(23)6-14(11)22/h2-6,8,10,16-17,19-20,24,31-32H,7,9H2,1H3,(H,25,26,27)/t16-,17-,19+,20+/m1/s1. The second-order valence-corrected chi connectivity index (χ2v) is 9.93. The van der Waals surface area contributed by atoms with Crippen molar-refractivity contribution in [3.8, 4) is 0 Å². The molecule has 192 valence electrons. The van der Waals surface area contributed by atoms with Gasteiger partial charge in [0.1, 0.15) is 42.0 Å². The highest BCUT2D eigenvalue weighted by atomic mass is 35.5. The Morgan fingerprint density at radius 1 is 1.31 bits per heavy atom. The zero-order valence-corrected chi connectivity index (χ0v) is 20.3. The topological polar surface area (TPSA) is 169 Å². The van der Waals surface area contributed by atoms with Crippen LogP contribution in [0.25, 0.3) is 0 Å². The van der Waals surface area contributed by atoms with Gasteiger partial charge in [0.05, 0.1) is 18.2 Å². The van der Waals surface area contributed by atoms with Crippen LogP contribution in [-0.4, -0.2) is 75.6 Å². The van der Waals surface area contributed by atoms with Gasteiger partial charge in [0, 0.05) is 30.9 Å². The lowest BCUT2D eigenvalue weighted by atomic mass is 10.1. The predicted octanol–water partition coefficient (Wildman–Crippen LogP) is 0.500. The molecule has 1 saturated carbocycles. The number of nitrogens with zero attached hydrogens (tertiary/aromatic N) is 4. The molecule has 2 aromatic heterocycles. The molecular formula is C21H22ClFN6O6S. The molecule has 4 rings (SSSR count). The van der Waals surface area contributed by atoms with Crippen molar-refractivity contribution in [1.82, 2.24) is 24.5 Å². The van der Waals surface area contributed by atoms with Gasteiger partial charge in [-0.15, -0.1) is 0 Å². The predicted molar refractivity (Wildman–Crippen MR) is 125 cm³/mol. The fourth-order valence-corrected chi connectivity index (χ4v) is 4.60. The van der Waals surface area contributed by atoms with Crippen molar-refractivity contribution in [2.24, 2.45) is 0 Å². The van der Waals surface area contributed by atoms with Gasteiger partial charge < -0.3 is 15.5 Å². The van der Waals surface area contributed by atoms with Gasteiger partial charge in [0.25, 0.3) is 0 Å². The van der Waals surface area contributed by atoms with Gasteiger partial charge >= 0.3 is 10.3 Å². The molecule has 1 aromatic carbocycles. The van der Waals surface area contributed by atoms with Crippen LogP contribution in [0.4, 0.5) is 10.2 Å². The number of benzene rings is 1. The lowest BCUT2D eigenvalue weighted by molar-refractivity contribution is -0.00882. The first-order valence-corrected chi connectivity index (χ1v) is 12.4. The number of aliphatic hydroxyl groups is 2. The average Bonchev–Trinajstić information content (AvgIpc) is 3.41. The molecular weight excluding hydrogens is 519 g/mol. The molecule has 4 N–H and O–H groups in total. The summed E-state index contributed by atoms with van der Waals surface area (Å²) < 4.78 is 45.0. The summed E-state index contributed by atoms with van der Waals surface area (Å²) in [6.07, 6.45) is -0.194. The Balaban J connectivity index is 1.50. The molecule has 3 aromatic rings. The third-order valence-corrected chi connectivity index (χ3v) is 6.98. The molecule has 0 radical (unpaired) electrons. The fraction of sp³-hybridized carbons (Fsp3) is 0.333. The summed E-state index contributed by atoms with van der Waals surface area (Å²) in [7, 11) is -2.95. The van der Waals surface area contributed by atoms with Crippen LogP contribution in [0.1, 0.15) is 28.0 Å². The Hall–Kier alpha value is -3.01. The van der Waals surface area contributed by atoms with Gasteiger partial charge in [-0.2, -0.15) is 18.2 Å². The second-order valence-electron chi connectivity index (χ2n) is 8.01. The number of anilines is 1. The van der Waals surface area contributed by atoms with Gasteiger partial charge in [-0.3, -0.25) is 13.7 Å². The maximum atomic E-state index is 13.3. The number of hydrogen-bond acceptors (Lipinski definition) is 10. The van der Waals surface area contributed by atoms with Crippen molar-refractivity contribution >= 4 is 33.5 Å². The van der Waals surface area contributed by atoms with E-state index in [1.165, 1.54) is 41.5 Å². The van der Waals surface area contributed by atoms with Crippen LogP contribution in [0.2, 0.25) is 5.02 Å². The lowest BCUT2D eigenvalue weighted by Crippen LogP contribution is -2.38. The Morgan fingerprint density at radius 3 is 2.81 bits per heavy atom. The van der Waals surface area contributed by atoms with E-state index >= 15 is 0 Å². The van der Waals surface area contributed by atoms with E-state index in [2.05, 4.69) is 20.4 Å². The number of rotatable bonds is 9. The number of halogens is 2. The van der Waals surface area contributed by atoms with Gasteiger partial charge in [0.2, 0.25) is 5.78 Å². The van der Waals surface area contributed by atoms with E-state index in [-0.39, 0.29) is 35.1 Å². The molecule has 2 heterocycles. The zero-order valence-electron chi connectivity index (χ0n) is 18.7. The summed E-state index contributed by atoms with van der Waals surface area (Å²) in [5, 5.41) is 28.0. The average molecular weight is 541 g/mol. The molecule has 0 spiro atoms. The van der Waals surface area contributed by atoms with Gasteiger partial charge in [-0.25, -0.2) is 14.4 Å². The van der Waals surface area contributed by atoms with Crippen LogP contribution in [-0.2, 0) is 21.0 Å².